The summed E-state index contributed by atoms with van der Waals surface area (Å²) in [4.78, 5) is 3.60. The molecule has 2 heterocycles. The van der Waals surface area contributed by atoms with E-state index in [1.54, 1.807) is 0 Å². The SMILES string of the molecule is CCNCC1CCN(S(=O)(=O)Nc2ccncc2F)CC1. The molecule has 6 nitrogen and oxygen atoms in total. The van der Waals surface area contributed by atoms with E-state index in [1.807, 2.05) is 6.92 Å². The Morgan fingerprint density at radius 1 is 1.43 bits per heavy atom. The highest BCUT2D eigenvalue weighted by Gasteiger charge is 2.28. The molecular formula is C13H21FN4O2S. The van der Waals surface area contributed by atoms with Crippen molar-refractivity contribution in [2.75, 3.05) is 30.9 Å². The molecular weight excluding hydrogens is 295 g/mol. The molecule has 0 atom stereocenters. The fourth-order valence-corrected chi connectivity index (χ4v) is 3.63. The lowest BCUT2D eigenvalue weighted by atomic mass is 9.98. The average Bonchev–Trinajstić information content (AvgIpc) is 2.48. The van der Waals surface area contributed by atoms with E-state index in [1.165, 1.54) is 16.6 Å². The lowest BCUT2D eigenvalue weighted by molar-refractivity contribution is 0.269. The van der Waals surface area contributed by atoms with Crippen LogP contribution in [0.3, 0.4) is 0 Å². The number of aromatic nitrogens is 1. The fourth-order valence-electron chi connectivity index (χ4n) is 2.36. The predicted molar refractivity (Wildman–Crippen MR) is 79.6 cm³/mol. The predicted octanol–water partition coefficient (Wildman–Crippen LogP) is 1.20. The second-order valence-corrected chi connectivity index (χ2v) is 6.78. The zero-order valence-electron chi connectivity index (χ0n) is 12.0. The van der Waals surface area contributed by atoms with E-state index in [0.29, 0.717) is 19.0 Å². The zero-order chi connectivity index (χ0) is 15.3. The van der Waals surface area contributed by atoms with Crippen LogP contribution in [-0.2, 0) is 10.2 Å². The van der Waals surface area contributed by atoms with E-state index in [2.05, 4.69) is 15.0 Å². The van der Waals surface area contributed by atoms with Crippen molar-refractivity contribution in [1.82, 2.24) is 14.6 Å². The monoisotopic (exact) mass is 316 g/mol. The van der Waals surface area contributed by atoms with E-state index >= 15 is 0 Å². The van der Waals surface area contributed by atoms with Gasteiger partial charge in [0.15, 0.2) is 5.82 Å². The fraction of sp³-hybridized carbons (Fsp3) is 0.615. The molecule has 0 unspecified atom stereocenters. The van der Waals surface area contributed by atoms with Gasteiger partial charge >= 0.3 is 10.2 Å². The summed E-state index contributed by atoms with van der Waals surface area (Å²) in [7, 11) is -3.71. The van der Waals surface area contributed by atoms with Gasteiger partial charge in [-0.05, 0) is 37.9 Å². The maximum atomic E-state index is 13.5. The summed E-state index contributed by atoms with van der Waals surface area (Å²) in [6.45, 7) is 4.79. The van der Waals surface area contributed by atoms with Crippen LogP contribution < -0.4 is 10.0 Å². The molecule has 8 heteroatoms. The molecule has 1 aromatic heterocycles. The maximum absolute atomic E-state index is 13.5. The van der Waals surface area contributed by atoms with Crippen LogP contribution in [0.2, 0.25) is 0 Å². The molecule has 1 aliphatic heterocycles. The Bertz CT molecular complexity index is 559. The van der Waals surface area contributed by atoms with Crippen LogP contribution in [0.5, 0.6) is 0 Å². The minimum Gasteiger partial charge on any atom is -0.317 e. The van der Waals surface area contributed by atoms with E-state index in [4.69, 9.17) is 0 Å². The summed E-state index contributed by atoms with van der Waals surface area (Å²) in [6.07, 6.45) is 3.96. The number of hydrogen-bond acceptors (Lipinski definition) is 4. The molecule has 0 amide bonds. The first-order valence-electron chi connectivity index (χ1n) is 7.11. The molecule has 1 fully saturated rings. The van der Waals surface area contributed by atoms with Crippen molar-refractivity contribution in [2.45, 2.75) is 19.8 Å². The van der Waals surface area contributed by atoms with Crippen molar-refractivity contribution in [3.8, 4) is 0 Å². The number of anilines is 1. The van der Waals surface area contributed by atoms with Crippen LogP contribution in [0.4, 0.5) is 10.1 Å². The Hall–Kier alpha value is -1.25. The van der Waals surface area contributed by atoms with Gasteiger partial charge in [0.25, 0.3) is 0 Å². The van der Waals surface area contributed by atoms with E-state index in [-0.39, 0.29) is 5.69 Å². The van der Waals surface area contributed by atoms with Crippen LogP contribution in [0.25, 0.3) is 0 Å². The maximum Gasteiger partial charge on any atom is 0.301 e. The van der Waals surface area contributed by atoms with Crippen LogP contribution in [0.1, 0.15) is 19.8 Å². The number of nitrogens with one attached hydrogen (secondary N) is 2. The lowest BCUT2D eigenvalue weighted by Crippen LogP contribution is -2.43. The molecule has 2 rings (SSSR count). The minimum atomic E-state index is -3.71. The third kappa shape index (κ3) is 4.36. The van der Waals surface area contributed by atoms with Gasteiger partial charge in [-0.25, -0.2) is 4.39 Å². The van der Waals surface area contributed by atoms with Crippen molar-refractivity contribution >= 4 is 15.9 Å². The number of hydrogen-bond donors (Lipinski definition) is 2. The Labute approximate surface area is 124 Å². The number of pyridine rings is 1. The molecule has 2 N–H and O–H groups in total. The smallest absolute Gasteiger partial charge is 0.301 e. The molecule has 1 aromatic rings. The summed E-state index contributed by atoms with van der Waals surface area (Å²) in [5, 5.41) is 3.28. The Morgan fingerprint density at radius 3 is 2.76 bits per heavy atom. The van der Waals surface area contributed by atoms with Gasteiger partial charge in [0, 0.05) is 19.3 Å². The molecule has 1 saturated heterocycles. The summed E-state index contributed by atoms with van der Waals surface area (Å²) in [5.74, 6) is -0.183. The van der Waals surface area contributed by atoms with Gasteiger partial charge in [-0.15, -0.1) is 0 Å². The Balaban J connectivity index is 1.94. The second kappa shape index (κ2) is 7.15. The molecule has 0 aromatic carbocycles. The van der Waals surface area contributed by atoms with Crippen molar-refractivity contribution in [3.05, 3.63) is 24.3 Å². The van der Waals surface area contributed by atoms with Gasteiger partial charge in [-0.2, -0.15) is 12.7 Å². The van der Waals surface area contributed by atoms with Gasteiger partial charge in [0.05, 0.1) is 11.9 Å². The number of halogens is 1. The standard InChI is InChI=1S/C13H21FN4O2S/c1-2-15-9-11-4-7-18(8-5-11)21(19,20)17-13-3-6-16-10-12(13)14/h3,6,10-11,15H,2,4-5,7-9H2,1H3,(H,16,17). The number of piperidine rings is 1. The lowest BCUT2D eigenvalue weighted by Gasteiger charge is -2.31. The van der Waals surface area contributed by atoms with Crippen LogP contribution in [-0.4, -0.2) is 43.9 Å². The minimum absolute atomic E-state index is 0.0697. The highest BCUT2D eigenvalue weighted by molar-refractivity contribution is 7.90. The first kappa shape index (κ1) is 16.1. The largest absolute Gasteiger partial charge is 0.317 e. The number of rotatable bonds is 6. The quantitative estimate of drug-likeness (QED) is 0.827. The molecule has 0 saturated carbocycles. The number of nitrogens with zero attached hydrogens (tertiary/aromatic N) is 2. The normalized spacial score (nSPS) is 17.8. The average molecular weight is 316 g/mol. The summed E-state index contributed by atoms with van der Waals surface area (Å²) in [6, 6.07) is 1.31. The van der Waals surface area contributed by atoms with Crippen LogP contribution in [0.15, 0.2) is 18.5 Å². The van der Waals surface area contributed by atoms with Gasteiger partial charge < -0.3 is 5.32 Å². The van der Waals surface area contributed by atoms with Gasteiger partial charge in [-0.3, -0.25) is 9.71 Å². The van der Waals surface area contributed by atoms with E-state index < -0.39 is 16.0 Å². The molecule has 0 spiro atoms. The van der Waals surface area contributed by atoms with Gasteiger partial charge in [0.2, 0.25) is 0 Å². The second-order valence-electron chi connectivity index (χ2n) is 5.11. The third-order valence-electron chi connectivity index (χ3n) is 3.61. The Morgan fingerprint density at radius 2 is 2.14 bits per heavy atom. The van der Waals surface area contributed by atoms with Crippen molar-refractivity contribution in [3.63, 3.8) is 0 Å². The van der Waals surface area contributed by atoms with Crippen molar-refractivity contribution < 1.29 is 12.8 Å². The zero-order valence-corrected chi connectivity index (χ0v) is 12.9. The Kier molecular flexibility index (Phi) is 5.49. The molecule has 21 heavy (non-hydrogen) atoms. The summed E-state index contributed by atoms with van der Waals surface area (Å²) < 4.78 is 41.6. The summed E-state index contributed by atoms with van der Waals surface area (Å²) >= 11 is 0. The van der Waals surface area contributed by atoms with Crippen molar-refractivity contribution in [2.24, 2.45) is 5.92 Å². The van der Waals surface area contributed by atoms with E-state index in [0.717, 1.165) is 32.1 Å². The first-order chi connectivity index (χ1) is 10.0. The van der Waals surface area contributed by atoms with Crippen LogP contribution >= 0.6 is 0 Å². The molecule has 0 aliphatic carbocycles. The van der Waals surface area contributed by atoms with Crippen LogP contribution in [0, 0.1) is 11.7 Å². The van der Waals surface area contributed by atoms with Gasteiger partial charge in [-0.1, -0.05) is 6.92 Å². The van der Waals surface area contributed by atoms with E-state index in [9.17, 15) is 12.8 Å². The molecule has 0 bridgehead atoms. The topological polar surface area (TPSA) is 74.3 Å². The van der Waals surface area contributed by atoms with Gasteiger partial charge in [0.1, 0.15) is 0 Å². The highest BCUT2D eigenvalue weighted by atomic mass is 32.2. The summed E-state index contributed by atoms with van der Waals surface area (Å²) in [5.41, 5.74) is -0.0697. The first-order valence-corrected chi connectivity index (χ1v) is 8.55. The highest BCUT2D eigenvalue weighted by Crippen LogP contribution is 2.21. The molecule has 1 aliphatic rings. The van der Waals surface area contributed by atoms with Crippen molar-refractivity contribution in [1.29, 1.82) is 0 Å². The third-order valence-corrected chi connectivity index (χ3v) is 5.13. The molecule has 118 valence electrons. The molecule has 0 radical (unpaired) electrons.